The van der Waals surface area contributed by atoms with E-state index in [2.05, 4.69) is 4.74 Å². The minimum Gasteiger partial charge on any atom is -0.519 e. The van der Waals surface area contributed by atoms with Crippen molar-refractivity contribution in [3.63, 3.8) is 0 Å². The SMILES string of the molecule is CCOC(=O)/C=C/C(=O)OCCC(=O)O[Si](CC)(CC)CC. The summed E-state index contributed by atoms with van der Waals surface area (Å²) in [6, 6.07) is 2.65. The van der Waals surface area contributed by atoms with E-state index in [4.69, 9.17) is 9.16 Å². The molecule has 0 N–H and O–H groups in total. The van der Waals surface area contributed by atoms with Crippen LogP contribution in [0.25, 0.3) is 0 Å². The lowest BCUT2D eigenvalue weighted by atomic mass is 10.4. The molecule has 0 fully saturated rings. The van der Waals surface area contributed by atoms with E-state index < -0.39 is 20.3 Å². The average Bonchev–Trinajstić information content (AvgIpc) is 2.51. The number of carbonyl (C=O) groups excluding carboxylic acids is 3. The lowest BCUT2D eigenvalue weighted by Gasteiger charge is -2.27. The molecule has 126 valence electrons. The fourth-order valence-corrected chi connectivity index (χ4v) is 4.39. The van der Waals surface area contributed by atoms with Crippen molar-refractivity contribution in [3.8, 4) is 0 Å². The van der Waals surface area contributed by atoms with Crippen molar-refractivity contribution in [2.45, 2.75) is 52.2 Å². The third kappa shape index (κ3) is 7.97. The standard InChI is InChI=1S/C15H26O6Si/c1-5-19-13(16)9-10-14(17)20-12-11-15(18)21-22(6-2,7-3)8-4/h9-10H,5-8,11-12H2,1-4H3/b10-9+. The van der Waals surface area contributed by atoms with Gasteiger partial charge in [-0.25, -0.2) is 9.59 Å². The zero-order valence-electron chi connectivity index (χ0n) is 13.8. The molecule has 0 heterocycles. The molecule has 6 nitrogen and oxygen atoms in total. The van der Waals surface area contributed by atoms with Crippen LogP contribution < -0.4 is 0 Å². The van der Waals surface area contributed by atoms with Crippen LogP contribution in [0.4, 0.5) is 0 Å². The fraction of sp³-hybridized carbons (Fsp3) is 0.667. The van der Waals surface area contributed by atoms with E-state index in [9.17, 15) is 14.4 Å². The maximum absolute atomic E-state index is 11.8. The van der Waals surface area contributed by atoms with Crippen molar-refractivity contribution < 1.29 is 28.3 Å². The molecule has 0 atom stereocenters. The fourth-order valence-electron chi connectivity index (χ4n) is 1.87. The van der Waals surface area contributed by atoms with Gasteiger partial charge in [-0.05, 0) is 25.1 Å². The number of esters is 2. The van der Waals surface area contributed by atoms with Gasteiger partial charge in [-0.3, -0.25) is 4.79 Å². The molecule has 0 aromatic carbocycles. The molecule has 0 spiro atoms. The molecule has 0 aromatic rings. The average molecular weight is 330 g/mol. The normalized spacial score (nSPS) is 11.3. The van der Waals surface area contributed by atoms with Gasteiger partial charge in [0.25, 0.3) is 14.3 Å². The van der Waals surface area contributed by atoms with Gasteiger partial charge in [0.05, 0.1) is 13.0 Å². The molecule has 0 aliphatic rings. The second kappa shape index (κ2) is 11.0. The summed E-state index contributed by atoms with van der Waals surface area (Å²) in [5.41, 5.74) is 0. The summed E-state index contributed by atoms with van der Waals surface area (Å²) < 4.78 is 15.1. The minimum atomic E-state index is -1.96. The van der Waals surface area contributed by atoms with Crippen LogP contribution in [0.2, 0.25) is 18.1 Å². The first-order valence-corrected chi connectivity index (χ1v) is 10.2. The van der Waals surface area contributed by atoms with E-state index in [1.54, 1.807) is 6.92 Å². The molecule has 0 aliphatic carbocycles. The molecule has 0 rings (SSSR count). The Morgan fingerprint density at radius 1 is 0.864 bits per heavy atom. The zero-order chi connectivity index (χ0) is 17.0. The molecule has 0 amide bonds. The third-order valence-corrected chi connectivity index (χ3v) is 7.98. The van der Waals surface area contributed by atoms with Crippen LogP contribution >= 0.6 is 0 Å². The van der Waals surface area contributed by atoms with Crippen molar-refractivity contribution >= 4 is 26.2 Å². The molecule has 0 saturated heterocycles. The van der Waals surface area contributed by atoms with Gasteiger partial charge in [0.15, 0.2) is 0 Å². The molecular weight excluding hydrogens is 304 g/mol. The van der Waals surface area contributed by atoms with Gasteiger partial charge in [0.2, 0.25) is 0 Å². The Hall–Kier alpha value is -1.63. The first-order chi connectivity index (χ1) is 10.4. The Kier molecular flexibility index (Phi) is 10.2. The Balaban J connectivity index is 4.12. The topological polar surface area (TPSA) is 78.9 Å². The lowest BCUT2D eigenvalue weighted by molar-refractivity contribution is -0.143. The summed E-state index contributed by atoms with van der Waals surface area (Å²) in [4.78, 5) is 34.1. The number of ether oxygens (including phenoxy) is 2. The molecule has 0 bridgehead atoms. The highest BCUT2D eigenvalue weighted by atomic mass is 28.4. The largest absolute Gasteiger partial charge is 0.519 e. The van der Waals surface area contributed by atoms with Crippen LogP contribution in [-0.4, -0.2) is 39.4 Å². The first kappa shape index (κ1) is 20.4. The number of carbonyl (C=O) groups is 3. The molecule has 0 radical (unpaired) electrons. The Labute approximate surface area is 132 Å². The molecule has 22 heavy (non-hydrogen) atoms. The maximum atomic E-state index is 11.8. The number of hydrogen-bond donors (Lipinski definition) is 0. The highest BCUT2D eigenvalue weighted by molar-refractivity contribution is 6.74. The van der Waals surface area contributed by atoms with Gasteiger partial charge in [0, 0.05) is 12.2 Å². The molecule has 0 saturated carbocycles. The van der Waals surface area contributed by atoms with Crippen LogP contribution in [0.15, 0.2) is 12.2 Å². The summed E-state index contributed by atoms with van der Waals surface area (Å²) in [6.07, 6.45) is 1.99. The third-order valence-electron chi connectivity index (χ3n) is 3.46. The van der Waals surface area contributed by atoms with Gasteiger partial charge in [-0.2, -0.15) is 0 Å². The predicted octanol–water partition coefficient (Wildman–Crippen LogP) is 2.59. The van der Waals surface area contributed by atoms with Crippen molar-refractivity contribution in [1.29, 1.82) is 0 Å². The molecule has 0 aromatic heterocycles. The van der Waals surface area contributed by atoms with E-state index >= 15 is 0 Å². The summed E-state index contributed by atoms with van der Waals surface area (Å²) in [5, 5.41) is 0. The molecule has 0 aliphatic heterocycles. The quantitative estimate of drug-likeness (QED) is 0.348. The van der Waals surface area contributed by atoms with E-state index in [-0.39, 0.29) is 25.6 Å². The summed E-state index contributed by atoms with van der Waals surface area (Å²) >= 11 is 0. The maximum Gasteiger partial charge on any atom is 0.331 e. The minimum absolute atomic E-state index is 0.0216. The van der Waals surface area contributed by atoms with Gasteiger partial charge >= 0.3 is 11.9 Å². The lowest BCUT2D eigenvalue weighted by Crippen LogP contribution is -2.38. The summed E-state index contributed by atoms with van der Waals surface area (Å²) in [5.74, 6) is -1.63. The van der Waals surface area contributed by atoms with E-state index in [0.29, 0.717) is 0 Å². The Bertz CT molecular complexity index is 393. The Morgan fingerprint density at radius 3 is 1.82 bits per heavy atom. The van der Waals surface area contributed by atoms with E-state index in [0.717, 1.165) is 30.3 Å². The smallest absolute Gasteiger partial charge is 0.331 e. The van der Waals surface area contributed by atoms with E-state index in [1.807, 2.05) is 20.8 Å². The van der Waals surface area contributed by atoms with Gasteiger partial charge in [-0.1, -0.05) is 20.8 Å². The van der Waals surface area contributed by atoms with Crippen LogP contribution in [0.1, 0.15) is 34.1 Å². The van der Waals surface area contributed by atoms with Crippen molar-refractivity contribution in [2.75, 3.05) is 13.2 Å². The monoisotopic (exact) mass is 330 g/mol. The van der Waals surface area contributed by atoms with Crippen molar-refractivity contribution in [3.05, 3.63) is 12.2 Å². The van der Waals surface area contributed by atoms with Gasteiger partial charge in [0.1, 0.15) is 6.61 Å². The zero-order valence-corrected chi connectivity index (χ0v) is 14.8. The van der Waals surface area contributed by atoms with Crippen molar-refractivity contribution in [1.82, 2.24) is 0 Å². The second-order valence-electron chi connectivity index (χ2n) is 4.72. The van der Waals surface area contributed by atoms with Crippen LogP contribution in [0, 0.1) is 0 Å². The second-order valence-corrected chi connectivity index (χ2v) is 9.41. The highest BCUT2D eigenvalue weighted by Gasteiger charge is 2.32. The Morgan fingerprint density at radius 2 is 1.36 bits per heavy atom. The summed E-state index contributed by atoms with van der Waals surface area (Å²) in [7, 11) is -1.96. The highest BCUT2D eigenvalue weighted by Crippen LogP contribution is 2.22. The van der Waals surface area contributed by atoms with Gasteiger partial charge in [-0.15, -0.1) is 0 Å². The summed E-state index contributed by atoms with van der Waals surface area (Å²) in [6.45, 7) is 7.95. The molecule has 7 heteroatoms. The van der Waals surface area contributed by atoms with Crippen LogP contribution in [0.3, 0.4) is 0 Å². The van der Waals surface area contributed by atoms with Gasteiger partial charge < -0.3 is 13.9 Å². The molecular formula is C15H26O6Si. The van der Waals surface area contributed by atoms with Crippen molar-refractivity contribution in [2.24, 2.45) is 0 Å². The predicted molar refractivity (Wildman–Crippen MR) is 84.6 cm³/mol. The van der Waals surface area contributed by atoms with Crippen LogP contribution in [0.5, 0.6) is 0 Å². The first-order valence-electron chi connectivity index (χ1n) is 7.66. The molecule has 0 unspecified atom stereocenters. The number of rotatable bonds is 10. The van der Waals surface area contributed by atoms with Crippen LogP contribution in [-0.2, 0) is 28.3 Å². The number of hydrogen-bond acceptors (Lipinski definition) is 6. The van der Waals surface area contributed by atoms with E-state index in [1.165, 1.54) is 0 Å².